The molecule has 0 N–H and O–H groups in total. The van der Waals surface area contributed by atoms with E-state index in [9.17, 15) is 4.79 Å². The van der Waals surface area contributed by atoms with E-state index in [0.29, 0.717) is 29.7 Å². The fourth-order valence-electron chi connectivity index (χ4n) is 4.26. The van der Waals surface area contributed by atoms with Gasteiger partial charge >= 0.3 is 0 Å². The Morgan fingerprint density at radius 3 is 2.87 bits per heavy atom. The maximum absolute atomic E-state index is 13.7. The van der Waals surface area contributed by atoms with Gasteiger partial charge in [0.25, 0.3) is 5.91 Å². The summed E-state index contributed by atoms with van der Waals surface area (Å²) in [6.45, 7) is 4.19. The number of nitrogens with zero attached hydrogens (tertiary/aromatic N) is 1. The lowest BCUT2D eigenvalue weighted by Gasteiger charge is -2.23. The van der Waals surface area contributed by atoms with Crippen LogP contribution in [0.1, 0.15) is 34.5 Å². The molecule has 0 radical (unpaired) electrons. The topological polar surface area (TPSA) is 48.0 Å². The number of hydrogen-bond donors (Lipinski definition) is 0. The first kappa shape index (κ1) is 20.1. The van der Waals surface area contributed by atoms with Crippen molar-refractivity contribution in [2.45, 2.75) is 18.6 Å². The van der Waals surface area contributed by atoms with Crippen LogP contribution in [0.2, 0.25) is 0 Å². The average molecular weight is 436 g/mol. The van der Waals surface area contributed by atoms with Gasteiger partial charge in [-0.3, -0.25) is 4.79 Å². The first-order valence-electron chi connectivity index (χ1n) is 10.7. The summed E-state index contributed by atoms with van der Waals surface area (Å²) in [5.41, 5.74) is 1.90. The van der Waals surface area contributed by atoms with Gasteiger partial charge in [-0.05, 0) is 47.9 Å². The average Bonchev–Trinajstić information content (AvgIpc) is 3.13. The van der Waals surface area contributed by atoms with E-state index in [1.54, 1.807) is 0 Å². The molecule has 0 aromatic heterocycles. The van der Waals surface area contributed by atoms with Crippen molar-refractivity contribution in [3.8, 4) is 17.2 Å². The molecule has 31 heavy (non-hydrogen) atoms. The molecule has 2 aliphatic rings. The molecule has 160 valence electrons. The minimum Gasteiger partial charge on any atom is -0.493 e. The fraction of sp³-hybridized carbons (Fsp3) is 0.320. The van der Waals surface area contributed by atoms with E-state index in [-0.39, 0.29) is 12.7 Å². The van der Waals surface area contributed by atoms with E-state index in [0.717, 1.165) is 41.0 Å². The molecule has 0 spiro atoms. The van der Waals surface area contributed by atoms with Gasteiger partial charge in [0.15, 0.2) is 11.5 Å². The predicted molar refractivity (Wildman–Crippen MR) is 123 cm³/mol. The van der Waals surface area contributed by atoms with Crippen molar-refractivity contribution in [2.75, 3.05) is 32.2 Å². The molecular formula is C25H25NO4S. The van der Waals surface area contributed by atoms with Crippen LogP contribution < -0.4 is 14.2 Å². The van der Waals surface area contributed by atoms with Gasteiger partial charge in [-0.25, -0.2) is 0 Å². The minimum atomic E-state index is 0.0483. The van der Waals surface area contributed by atoms with Gasteiger partial charge in [0.1, 0.15) is 5.75 Å². The number of fused-ring (bicyclic) bond motifs is 2. The van der Waals surface area contributed by atoms with Gasteiger partial charge in [-0.15, -0.1) is 0 Å². The third kappa shape index (κ3) is 3.92. The van der Waals surface area contributed by atoms with Crippen LogP contribution >= 0.6 is 11.8 Å². The van der Waals surface area contributed by atoms with Gasteiger partial charge in [-0.2, -0.15) is 11.8 Å². The molecule has 1 amide bonds. The molecule has 0 aliphatic carbocycles. The number of ether oxygens (including phenoxy) is 3. The van der Waals surface area contributed by atoms with Gasteiger partial charge in [-0.1, -0.05) is 36.4 Å². The van der Waals surface area contributed by atoms with E-state index in [1.165, 1.54) is 5.56 Å². The maximum atomic E-state index is 13.7. The quantitative estimate of drug-likeness (QED) is 0.557. The van der Waals surface area contributed by atoms with Crippen molar-refractivity contribution < 1.29 is 19.0 Å². The zero-order valence-electron chi connectivity index (χ0n) is 17.5. The van der Waals surface area contributed by atoms with Crippen LogP contribution in [-0.2, 0) is 0 Å². The number of rotatable bonds is 4. The summed E-state index contributed by atoms with van der Waals surface area (Å²) in [7, 11) is 0. The first-order chi connectivity index (χ1) is 15.2. The summed E-state index contributed by atoms with van der Waals surface area (Å²) < 4.78 is 16.8. The monoisotopic (exact) mass is 435 g/mol. The van der Waals surface area contributed by atoms with Gasteiger partial charge in [0.05, 0.1) is 12.2 Å². The van der Waals surface area contributed by atoms with E-state index in [4.69, 9.17) is 14.2 Å². The Morgan fingerprint density at radius 1 is 1.10 bits per heavy atom. The predicted octanol–water partition coefficient (Wildman–Crippen LogP) is 5.29. The zero-order valence-corrected chi connectivity index (χ0v) is 18.3. The molecule has 2 heterocycles. The lowest BCUT2D eigenvalue weighted by Crippen LogP contribution is -2.33. The second-order valence-electron chi connectivity index (χ2n) is 7.65. The number of carbonyl (C=O) groups excluding carboxylic acids is 1. The maximum Gasteiger partial charge on any atom is 0.258 e. The Hall–Kier alpha value is -2.86. The van der Waals surface area contributed by atoms with Crippen molar-refractivity contribution >= 4 is 28.4 Å². The number of hydrogen-bond acceptors (Lipinski definition) is 5. The largest absolute Gasteiger partial charge is 0.493 e. The molecule has 6 heteroatoms. The third-order valence-electron chi connectivity index (χ3n) is 5.80. The van der Waals surface area contributed by atoms with Crippen molar-refractivity contribution in [1.29, 1.82) is 0 Å². The Morgan fingerprint density at radius 2 is 1.97 bits per heavy atom. The second kappa shape index (κ2) is 8.71. The number of thioether (sulfide) groups is 1. The van der Waals surface area contributed by atoms with Crippen LogP contribution in [0.3, 0.4) is 0 Å². The summed E-state index contributed by atoms with van der Waals surface area (Å²) in [6, 6.07) is 18.1. The Kier molecular flexibility index (Phi) is 5.64. The minimum absolute atomic E-state index is 0.0483. The molecule has 1 fully saturated rings. The van der Waals surface area contributed by atoms with Crippen molar-refractivity contribution in [3.05, 3.63) is 65.7 Å². The Labute approximate surface area is 186 Å². The van der Waals surface area contributed by atoms with Crippen molar-refractivity contribution in [2.24, 2.45) is 0 Å². The molecule has 1 unspecified atom stereocenters. The van der Waals surface area contributed by atoms with E-state index < -0.39 is 0 Å². The lowest BCUT2D eigenvalue weighted by atomic mass is 10.0. The van der Waals surface area contributed by atoms with Crippen LogP contribution in [-0.4, -0.2) is 43.0 Å². The highest BCUT2D eigenvalue weighted by Crippen LogP contribution is 2.40. The van der Waals surface area contributed by atoms with E-state index in [2.05, 4.69) is 12.1 Å². The summed E-state index contributed by atoms with van der Waals surface area (Å²) in [6.07, 6.45) is 0.894. The molecule has 2 aliphatic heterocycles. The van der Waals surface area contributed by atoms with Gasteiger partial charge < -0.3 is 19.1 Å². The normalized spacial score (nSPS) is 18.1. The molecule has 3 aromatic rings. The number of carbonyl (C=O) groups is 1. The molecule has 1 saturated heterocycles. The summed E-state index contributed by atoms with van der Waals surface area (Å²) in [5, 5.41) is 2.32. The summed E-state index contributed by atoms with van der Waals surface area (Å²) in [5.74, 6) is 3.22. The van der Waals surface area contributed by atoms with E-state index >= 15 is 0 Å². The van der Waals surface area contributed by atoms with Crippen LogP contribution in [0.15, 0.2) is 54.6 Å². The summed E-state index contributed by atoms with van der Waals surface area (Å²) >= 11 is 1.90. The van der Waals surface area contributed by atoms with Crippen molar-refractivity contribution in [1.82, 2.24) is 4.90 Å². The van der Waals surface area contributed by atoms with Crippen LogP contribution in [0.4, 0.5) is 0 Å². The van der Waals surface area contributed by atoms with Gasteiger partial charge in [0, 0.05) is 24.1 Å². The van der Waals surface area contributed by atoms with Gasteiger partial charge in [0.2, 0.25) is 6.79 Å². The smallest absolute Gasteiger partial charge is 0.258 e. The molecule has 0 bridgehead atoms. The highest BCUT2D eigenvalue weighted by Gasteiger charge is 2.27. The lowest BCUT2D eigenvalue weighted by molar-refractivity contribution is 0.0764. The van der Waals surface area contributed by atoms with Crippen molar-refractivity contribution in [3.63, 3.8) is 0 Å². The third-order valence-corrected chi connectivity index (χ3v) is 7.13. The standard InChI is InChI=1S/C25H25NO4S/c1-2-28-21-10-7-17-5-3-4-6-19(17)24(21)25(27)26-12-11-23(31-14-13-26)18-8-9-20-22(15-18)30-16-29-20/h3-10,15,23H,2,11-14,16H2,1H3. The van der Waals surface area contributed by atoms with Crippen LogP contribution in [0.5, 0.6) is 17.2 Å². The fourth-order valence-corrected chi connectivity index (χ4v) is 5.48. The molecule has 5 nitrogen and oxygen atoms in total. The molecular weight excluding hydrogens is 410 g/mol. The number of benzene rings is 3. The molecule has 0 saturated carbocycles. The zero-order chi connectivity index (χ0) is 21.2. The summed E-state index contributed by atoms with van der Waals surface area (Å²) in [4.78, 5) is 15.6. The molecule has 5 rings (SSSR count). The SMILES string of the molecule is CCOc1ccc2ccccc2c1C(=O)N1CCSC(c2ccc3c(c2)OCO3)CC1. The highest BCUT2D eigenvalue weighted by molar-refractivity contribution is 7.99. The second-order valence-corrected chi connectivity index (χ2v) is 8.96. The molecule has 1 atom stereocenters. The van der Waals surface area contributed by atoms with E-state index in [1.807, 2.05) is 66.1 Å². The highest BCUT2D eigenvalue weighted by atomic mass is 32.2. The number of amides is 1. The van der Waals surface area contributed by atoms with Crippen LogP contribution in [0.25, 0.3) is 10.8 Å². The molecule has 3 aromatic carbocycles. The Bertz CT molecular complexity index is 1120. The van der Waals surface area contributed by atoms with Crippen LogP contribution in [0, 0.1) is 0 Å². The first-order valence-corrected chi connectivity index (χ1v) is 11.7. The Balaban J connectivity index is 1.39.